The third-order valence-corrected chi connectivity index (χ3v) is 3.58. The van der Waals surface area contributed by atoms with Crippen LogP contribution in [-0.2, 0) is 0 Å². The second kappa shape index (κ2) is 4.71. The molecule has 0 fully saturated rings. The number of fused-ring (bicyclic) bond motifs is 1. The molecule has 2 heterocycles. The first-order valence-corrected chi connectivity index (χ1v) is 6.39. The number of thiazole rings is 1. The summed E-state index contributed by atoms with van der Waals surface area (Å²) in [6.45, 7) is 0.165. The SMILES string of the molecule is N#CC(C(=O)c1cncs1)c1ccc2c(c1)OCO2. The molecule has 1 unspecified atom stereocenters. The molecule has 1 aliphatic rings. The molecule has 0 N–H and O–H groups in total. The Balaban J connectivity index is 1.95. The van der Waals surface area contributed by atoms with E-state index >= 15 is 0 Å². The van der Waals surface area contributed by atoms with Crippen molar-refractivity contribution in [3.63, 3.8) is 0 Å². The molecule has 5 nitrogen and oxygen atoms in total. The van der Waals surface area contributed by atoms with E-state index in [9.17, 15) is 10.1 Å². The lowest BCUT2D eigenvalue weighted by molar-refractivity contribution is 0.0982. The Hall–Kier alpha value is -2.39. The molecule has 0 aliphatic carbocycles. The minimum absolute atomic E-state index is 0.165. The van der Waals surface area contributed by atoms with Crippen LogP contribution in [0, 0.1) is 11.3 Å². The molecule has 0 spiro atoms. The van der Waals surface area contributed by atoms with Crippen LogP contribution in [0.5, 0.6) is 11.5 Å². The summed E-state index contributed by atoms with van der Waals surface area (Å²) in [5, 5.41) is 9.24. The number of hydrogen-bond donors (Lipinski definition) is 0. The average Bonchev–Trinajstić information content (AvgIpc) is 3.10. The Bertz CT molecular complexity index is 661. The number of rotatable bonds is 3. The van der Waals surface area contributed by atoms with Crippen molar-refractivity contribution in [2.24, 2.45) is 0 Å². The van der Waals surface area contributed by atoms with Crippen molar-refractivity contribution in [2.45, 2.75) is 5.92 Å². The summed E-state index contributed by atoms with van der Waals surface area (Å²) in [7, 11) is 0. The second-order valence-corrected chi connectivity index (χ2v) is 4.79. The molecule has 0 amide bonds. The van der Waals surface area contributed by atoms with Gasteiger partial charge in [-0.25, -0.2) is 0 Å². The van der Waals surface area contributed by atoms with Gasteiger partial charge in [-0.2, -0.15) is 5.26 Å². The van der Waals surface area contributed by atoms with Gasteiger partial charge < -0.3 is 9.47 Å². The van der Waals surface area contributed by atoms with Crippen LogP contribution in [0.3, 0.4) is 0 Å². The quantitative estimate of drug-likeness (QED) is 0.802. The number of Topliss-reactive ketones (excluding diaryl/α,β-unsaturated/α-hetero) is 1. The van der Waals surface area contributed by atoms with Gasteiger partial charge in [-0.05, 0) is 17.7 Å². The molecule has 6 heteroatoms. The molecule has 1 aromatic carbocycles. The van der Waals surface area contributed by atoms with E-state index in [0.717, 1.165) is 0 Å². The fraction of sp³-hybridized carbons (Fsp3) is 0.154. The van der Waals surface area contributed by atoms with Gasteiger partial charge in [-0.1, -0.05) is 6.07 Å². The van der Waals surface area contributed by atoms with E-state index in [4.69, 9.17) is 9.47 Å². The van der Waals surface area contributed by atoms with Crippen LogP contribution < -0.4 is 9.47 Å². The molecule has 2 aromatic rings. The number of hydrogen-bond acceptors (Lipinski definition) is 6. The number of carbonyl (C=O) groups excluding carboxylic acids is 1. The summed E-state index contributed by atoms with van der Waals surface area (Å²) >= 11 is 1.23. The summed E-state index contributed by atoms with van der Waals surface area (Å²) < 4.78 is 10.5. The minimum atomic E-state index is -0.852. The first kappa shape index (κ1) is 11.7. The molecule has 1 atom stereocenters. The Kier molecular flexibility index (Phi) is 2.89. The van der Waals surface area contributed by atoms with Crippen LogP contribution >= 0.6 is 11.3 Å². The number of aromatic nitrogens is 1. The number of carbonyl (C=O) groups is 1. The zero-order valence-electron chi connectivity index (χ0n) is 9.70. The smallest absolute Gasteiger partial charge is 0.231 e. The number of nitriles is 1. The van der Waals surface area contributed by atoms with Gasteiger partial charge in [0.25, 0.3) is 0 Å². The van der Waals surface area contributed by atoms with E-state index in [1.807, 2.05) is 6.07 Å². The highest BCUT2D eigenvalue weighted by atomic mass is 32.1. The molecule has 0 bridgehead atoms. The Morgan fingerprint density at radius 2 is 2.26 bits per heavy atom. The van der Waals surface area contributed by atoms with Crippen molar-refractivity contribution < 1.29 is 14.3 Å². The zero-order chi connectivity index (χ0) is 13.2. The molecule has 0 saturated carbocycles. The maximum absolute atomic E-state index is 12.2. The van der Waals surface area contributed by atoms with Gasteiger partial charge in [-0.15, -0.1) is 11.3 Å². The summed E-state index contributed by atoms with van der Waals surface area (Å²) in [6, 6.07) is 7.13. The third kappa shape index (κ3) is 2.04. The normalized spacial score (nSPS) is 13.8. The molecule has 3 rings (SSSR count). The van der Waals surface area contributed by atoms with Crippen molar-refractivity contribution in [3.05, 3.63) is 40.3 Å². The average molecular weight is 272 g/mol. The van der Waals surface area contributed by atoms with E-state index in [-0.39, 0.29) is 12.6 Å². The summed E-state index contributed by atoms with van der Waals surface area (Å²) in [5.74, 6) is 0.0966. The van der Waals surface area contributed by atoms with E-state index in [1.54, 1.807) is 23.7 Å². The van der Waals surface area contributed by atoms with Crippen molar-refractivity contribution in [1.82, 2.24) is 4.98 Å². The van der Waals surface area contributed by atoms with E-state index < -0.39 is 5.92 Å². The Labute approximate surface area is 113 Å². The molecular formula is C13H8N2O3S. The molecule has 1 aliphatic heterocycles. The number of benzene rings is 1. The molecule has 19 heavy (non-hydrogen) atoms. The van der Waals surface area contributed by atoms with Gasteiger partial charge in [-0.3, -0.25) is 9.78 Å². The monoisotopic (exact) mass is 272 g/mol. The molecule has 0 radical (unpaired) electrons. The van der Waals surface area contributed by atoms with Gasteiger partial charge in [0.05, 0.1) is 16.5 Å². The predicted molar refractivity (Wildman–Crippen MR) is 67.4 cm³/mol. The van der Waals surface area contributed by atoms with Crippen LogP contribution in [0.1, 0.15) is 21.2 Å². The van der Waals surface area contributed by atoms with Crippen LogP contribution in [-0.4, -0.2) is 17.6 Å². The van der Waals surface area contributed by atoms with Crippen LogP contribution in [0.25, 0.3) is 0 Å². The Morgan fingerprint density at radius 1 is 1.42 bits per heavy atom. The Morgan fingerprint density at radius 3 is 3.00 bits per heavy atom. The highest BCUT2D eigenvalue weighted by molar-refractivity contribution is 7.11. The van der Waals surface area contributed by atoms with E-state index in [2.05, 4.69) is 4.98 Å². The molecular weight excluding hydrogens is 264 g/mol. The van der Waals surface area contributed by atoms with Crippen molar-refractivity contribution in [2.75, 3.05) is 6.79 Å². The number of ketones is 1. The standard InChI is InChI=1S/C13H8N2O3S/c14-4-9(13(16)12-5-15-6-19-12)8-1-2-10-11(3-8)18-7-17-10/h1-3,5-6,9H,7H2. The first-order valence-electron chi connectivity index (χ1n) is 5.51. The topological polar surface area (TPSA) is 72.2 Å². The van der Waals surface area contributed by atoms with Gasteiger partial charge >= 0.3 is 0 Å². The highest BCUT2D eigenvalue weighted by Gasteiger charge is 2.25. The lowest BCUT2D eigenvalue weighted by Gasteiger charge is -2.07. The summed E-state index contributed by atoms with van der Waals surface area (Å²) in [4.78, 5) is 16.5. The van der Waals surface area contributed by atoms with Gasteiger partial charge in [0.1, 0.15) is 5.92 Å². The minimum Gasteiger partial charge on any atom is -0.454 e. The zero-order valence-corrected chi connectivity index (χ0v) is 10.5. The van der Waals surface area contributed by atoms with Crippen LogP contribution in [0.2, 0.25) is 0 Å². The summed E-state index contributed by atoms with van der Waals surface area (Å²) in [6.07, 6.45) is 1.48. The largest absolute Gasteiger partial charge is 0.454 e. The highest BCUT2D eigenvalue weighted by Crippen LogP contribution is 2.35. The number of ether oxygens (including phenoxy) is 2. The first-order chi connectivity index (χ1) is 9.29. The molecule has 0 saturated heterocycles. The summed E-state index contributed by atoms with van der Waals surface area (Å²) in [5.41, 5.74) is 2.17. The fourth-order valence-corrected chi connectivity index (χ4v) is 2.45. The molecule has 94 valence electrons. The maximum Gasteiger partial charge on any atom is 0.231 e. The van der Waals surface area contributed by atoms with Gasteiger partial charge in [0.2, 0.25) is 6.79 Å². The second-order valence-electron chi connectivity index (χ2n) is 3.90. The third-order valence-electron chi connectivity index (χ3n) is 2.80. The molecule has 1 aromatic heterocycles. The van der Waals surface area contributed by atoms with Crippen molar-refractivity contribution >= 4 is 17.1 Å². The van der Waals surface area contributed by atoms with Gasteiger partial charge in [0, 0.05) is 6.20 Å². The lowest BCUT2D eigenvalue weighted by Crippen LogP contribution is -2.09. The lowest BCUT2D eigenvalue weighted by atomic mass is 9.95. The van der Waals surface area contributed by atoms with Crippen molar-refractivity contribution in [3.8, 4) is 17.6 Å². The van der Waals surface area contributed by atoms with Crippen LogP contribution in [0.4, 0.5) is 0 Å². The van der Waals surface area contributed by atoms with Crippen molar-refractivity contribution in [1.29, 1.82) is 5.26 Å². The van der Waals surface area contributed by atoms with E-state index in [1.165, 1.54) is 17.5 Å². The maximum atomic E-state index is 12.2. The predicted octanol–water partition coefficient (Wildman–Crippen LogP) is 2.36. The van der Waals surface area contributed by atoms with Gasteiger partial charge in [0.15, 0.2) is 17.3 Å². The van der Waals surface area contributed by atoms with Crippen LogP contribution in [0.15, 0.2) is 29.9 Å². The van der Waals surface area contributed by atoms with E-state index in [0.29, 0.717) is 21.9 Å². The number of nitrogens with zero attached hydrogens (tertiary/aromatic N) is 2. The fourth-order valence-electron chi connectivity index (χ4n) is 1.86.